The first-order valence-electron chi connectivity index (χ1n) is 5.39. The monoisotopic (exact) mass is 277 g/mol. The lowest BCUT2D eigenvalue weighted by molar-refractivity contribution is 1.31. The molecule has 0 fully saturated rings. The van der Waals surface area contributed by atoms with Gasteiger partial charge < -0.3 is 10.3 Å². The number of fused-ring (bicyclic) bond motifs is 1. The molecule has 0 amide bonds. The van der Waals surface area contributed by atoms with Gasteiger partial charge in [0.05, 0.1) is 21.1 Å². The van der Waals surface area contributed by atoms with E-state index in [1.54, 1.807) is 12.1 Å². The van der Waals surface area contributed by atoms with Gasteiger partial charge in [-0.15, -0.1) is 0 Å². The first-order chi connectivity index (χ1) is 8.72. The molecule has 0 saturated carbocycles. The summed E-state index contributed by atoms with van der Waals surface area (Å²) in [5.74, 6) is 0.662. The zero-order chi connectivity index (χ0) is 12.5. The van der Waals surface area contributed by atoms with Crippen molar-refractivity contribution in [3.05, 3.63) is 52.5 Å². The van der Waals surface area contributed by atoms with Gasteiger partial charge in [0.1, 0.15) is 0 Å². The molecule has 1 heterocycles. The smallest absolute Gasteiger partial charge is 0.205 e. The van der Waals surface area contributed by atoms with Gasteiger partial charge in [-0.3, -0.25) is 0 Å². The van der Waals surface area contributed by atoms with Crippen LogP contribution in [0.5, 0.6) is 0 Å². The maximum Gasteiger partial charge on any atom is 0.205 e. The normalized spacial score (nSPS) is 10.8. The predicted octanol–water partition coefficient (Wildman–Crippen LogP) is 4.61. The number of para-hydroxylation sites is 1. The molecule has 0 atom stereocenters. The molecule has 0 aliphatic carbocycles. The number of anilines is 2. The van der Waals surface area contributed by atoms with Crippen molar-refractivity contribution in [3.8, 4) is 0 Å². The Hall–Kier alpha value is -1.71. The molecule has 5 heteroatoms. The number of nitrogens with one attached hydrogen (secondary N) is 2. The van der Waals surface area contributed by atoms with Crippen LogP contribution in [0.25, 0.3) is 11.0 Å². The molecule has 2 aromatic carbocycles. The van der Waals surface area contributed by atoms with E-state index >= 15 is 0 Å². The number of aromatic nitrogens is 2. The maximum absolute atomic E-state index is 5.96. The third-order valence-corrected chi connectivity index (χ3v) is 3.28. The van der Waals surface area contributed by atoms with Crippen molar-refractivity contribution in [2.24, 2.45) is 0 Å². The minimum absolute atomic E-state index is 0.502. The van der Waals surface area contributed by atoms with Crippen LogP contribution >= 0.6 is 23.2 Å². The average Bonchev–Trinajstić information content (AvgIpc) is 2.72. The van der Waals surface area contributed by atoms with Crippen molar-refractivity contribution in [1.29, 1.82) is 0 Å². The first kappa shape index (κ1) is 11.4. The predicted molar refractivity (Wildman–Crippen MR) is 75.8 cm³/mol. The zero-order valence-electron chi connectivity index (χ0n) is 9.24. The second-order valence-corrected chi connectivity index (χ2v) is 4.67. The molecule has 0 spiro atoms. The molecule has 3 aromatic rings. The minimum atomic E-state index is 0.502. The second-order valence-electron chi connectivity index (χ2n) is 3.86. The Morgan fingerprint density at radius 3 is 2.50 bits per heavy atom. The van der Waals surface area contributed by atoms with Crippen molar-refractivity contribution in [1.82, 2.24) is 9.97 Å². The highest BCUT2D eigenvalue weighted by molar-refractivity contribution is 6.42. The third-order valence-electron chi connectivity index (χ3n) is 2.56. The van der Waals surface area contributed by atoms with Gasteiger partial charge in [0.25, 0.3) is 0 Å². The summed E-state index contributed by atoms with van der Waals surface area (Å²) >= 11 is 11.9. The van der Waals surface area contributed by atoms with Gasteiger partial charge in [0.15, 0.2) is 0 Å². The van der Waals surface area contributed by atoms with Crippen molar-refractivity contribution in [2.45, 2.75) is 0 Å². The molecular weight excluding hydrogens is 269 g/mol. The van der Waals surface area contributed by atoms with Gasteiger partial charge in [-0.2, -0.15) is 0 Å². The van der Waals surface area contributed by atoms with Crippen LogP contribution in [0.3, 0.4) is 0 Å². The fourth-order valence-corrected chi connectivity index (χ4v) is 2.04. The van der Waals surface area contributed by atoms with Gasteiger partial charge in [-0.25, -0.2) is 4.98 Å². The molecule has 0 aliphatic heterocycles. The summed E-state index contributed by atoms with van der Waals surface area (Å²) < 4.78 is 0. The van der Waals surface area contributed by atoms with Crippen LogP contribution < -0.4 is 5.32 Å². The molecule has 0 unspecified atom stereocenters. The average molecular weight is 278 g/mol. The van der Waals surface area contributed by atoms with Gasteiger partial charge in [0, 0.05) is 5.69 Å². The number of imidazole rings is 1. The Kier molecular flexibility index (Phi) is 2.86. The zero-order valence-corrected chi connectivity index (χ0v) is 10.8. The highest BCUT2D eigenvalue weighted by atomic mass is 35.5. The van der Waals surface area contributed by atoms with Crippen LogP contribution in [0.2, 0.25) is 10.0 Å². The third kappa shape index (κ3) is 2.15. The standard InChI is InChI=1S/C13H9Cl2N3/c14-9-6-11-12(7-10(9)15)18-13(17-11)16-8-4-2-1-3-5-8/h1-7H,(H2,16,17,18). The number of halogens is 2. The molecule has 0 bridgehead atoms. The lowest BCUT2D eigenvalue weighted by atomic mass is 10.3. The van der Waals surface area contributed by atoms with E-state index in [0.29, 0.717) is 16.0 Å². The molecule has 2 N–H and O–H groups in total. The maximum atomic E-state index is 5.96. The number of H-pyrrole nitrogens is 1. The lowest BCUT2D eigenvalue weighted by Gasteiger charge is -2.00. The van der Waals surface area contributed by atoms with E-state index < -0.39 is 0 Å². The van der Waals surface area contributed by atoms with Crippen LogP contribution in [-0.2, 0) is 0 Å². The largest absolute Gasteiger partial charge is 0.326 e. The Bertz CT molecular complexity index is 653. The van der Waals surface area contributed by atoms with Gasteiger partial charge in [0.2, 0.25) is 5.95 Å². The van der Waals surface area contributed by atoms with E-state index in [-0.39, 0.29) is 0 Å². The quantitative estimate of drug-likeness (QED) is 0.718. The molecule has 90 valence electrons. The summed E-state index contributed by atoms with van der Waals surface area (Å²) in [4.78, 5) is 7.55. The number of nitrogens with zero attached hydrogens (tertiary/aromatic N) is 1. The SMILES string of the molecule is Clc1cc2nc(Nc3ccccc3)[nH]c2cc1Cl. The Labute approximate surface area is 114 Å². The number of aromatic amines is 1. The molecule has 3 rings (SSSR count). The van der Waals surface area contributed by atoms with E-state index in [1.807, 2.05) is 30.3 Å². The molecule has 18 heavy (non-hydrogen) atoms. The van der Waals surface area contributed by atoms with Crippen LogP contribution in [0.4, 0.5) is 11.6 Å². The van der Waals surface area contributed by atoms with E-state index in [0.717, 1.165) is 16.7 Å². The van der Waals surface area contributed by atoms with Gasteiger partial charge >= 0.3 is 0 Å². The summed E-state index contributed by atoms with van der Waals surface area (Å²) in [5, 5.41) is 4.19. The molecule has 0 aliphatic rings. The molecule has 1 aromatic heterocycles. The fraction of sp³-hybridized carbons (Fsp3) is 0. The highest BCUT2D eigenvalue weighted by Gasteiger charge is 2.06. The summed E-state index contributed by atoms with van der Waals surface area (Å²) in [6.07, 6.45) is 0. The van der Waals surface area contributed by atoms with Crippen molar-refractivity contribution < 1.29 is 0 Å². The Balaban J connectivity index is 1.99. The van der Waals surface area contributed by atoms with Crippen LogP contribution in [-0.4, -0.2) is 9.97 Å². The fourth-order valence-electron chi connectivity index (χ4n) is 1.72. The summed E-state index contributed by atoms with van der Waals surface area (Å²) in [5.41, 5.74) is 2.60. The Morgan fingerprint density at radius 1 is 1.00 bits per heavy atom. The van der Waals surface area contributed by atoms with E-state index in [2.05, 4.69) is 15.3 Å². The van der Waals surface area contributed by atoms with Crippen LogP contribution in [0.1, 0.15) is 0 Å². The summed E-state index contributed by atoms with van der Waals surface area (Å²) in [7, 11) is 0. The van der Waals surface area contributed by atoms with Crippen LogP contribution in [0.15, 0.2) is 42.5 Å². The van der Waals surface area contributed by atoms with Gasteiger partial charge in [-0.1, -0.05) is 41.4 Å². The van der Waals surface area contributed by atoms with Crippen molar-refractivity contribution in [2.75, 3.05) is 5.32 Å². The first-order valence-corrected chi connectivity index (χ1v) is 6.15. The van der Waals surface area contributed by atoms with Crippen molar-refractivity contribution in [3.63, 3.8) is 0 Å². The second kappa shape index (κ2) is 4.52. The molecule has 0 radical (unpaired) electrons. The number of hydrogen-bond acceptors (Lipinski definition) is 2. The molecule has 3 nitrogen and oxygen atoms in total. The number of rotatable bonds is 2. The summed E-state index contributed by atoms with van der Waals surface area (Å²) in [6.45, 7) is 0. The van der Waals surface area contributed by atoms with Crippen molar-refractivity contribution >= 4 is 45.9 Å². The number of benzene rings is 2. The lowest BCUT2D eigenvalue weighted by Crippen LogP contribution is -1.90. The van der Waals surface area contributed by atoms with E-state index in [9.17, 15) is 0 Å². The van der Waals surface area contributed by atoms with Gasteiger partial charge in [-0.05, 0) is 24.3 Å². The minimum Gasteiger partial charge on any atom is -0.326 e. The summed E-state index contributed by atoms with van der Waals surface area (Å²) in [6, 6.07) is 13.3. The number of hydrogen-bond donors (Lipinski definition) is 2. The highest BCUT2D eigenvalue weighted by Crippen LogP contribution is 2.28. The van der Waals surface area contributed by atoms with Crippen LogP contribution in [0, 0.1) is 0 Å². The molecular formula is C13H9Cl2N3. The topological polar surface area (TPSA) is 40.7 Å². The van der Waals surface area contributed by atoms with E-state index in [4.69, 9.17) is 23.2 Å². The van der Waals surface area contributed by atoms with E-state index in [1.165, 1.54) is 0 Å². The molecule has 0 saturated heterocycles. The Morgan fingerprint density at radius 2 is 1.72 bits per heavy atom.